The van der Waals surface area contributed by atoms with Gasteiger partial charge in [-0.3, -0.25) is 0 Å². The molecule has 1 atom stereocenters. The molecule has 0 radical (unpaired) electrons. The number of rotatable bonds is 5. The van der Waals surface area contributed by atoms with E-state index in [2.05, 4.69) is 15.1 Å². The summed E-state index contributed by atoms with van der Waals surface area (Å²) in [6, 6.07) is 1.38. The van der Waals surface area contributed by atoms with Gasteiger partial charge in [-0.25, -0.2) is 9.97 Å². The molecule has 84 valence electrons. The summed E-state index contributed by atoms with van der Waals surface area (Å²) >= 11 is 0. The van der Waals surface area contributed by atoms with Crippen molar-refractivity contribution < 1.29 is 0 Å². The van der Waals surface area contributed by atoms with Crippen LogP contribution in [0.5, 0.6) is 0 Å². The Morgan fingerprint density at radius 1 is 1.62 bits per heavy atom. The van der Waals surface area contributed by atoms with Gasteiger partial charge in [-0.1, -0.05) is 18.2 Å². The first-order valence-corrected chi connectivity index (χ1v) is 5.05. The molecule has 0 fully saturated rings. The third-order valence-electron chi connectivity index (χ3n) is 2.24. The third kappa shape index (κ3) is 3.05. The van der Waals surface area contributed by atoms with Crippen molar-refractivity contribution in [3.63, 3.8) is 0 Å². The smallest absolute Gasteiger partial charge is 0.116 e. The van der Waals surface area contributed by atoms with E-state index in [0.717, 1.165) is 17.5 Å². The van der Waals surface area contributed by atoms with Gasteiger partial charge in [0.1, 0.15) is 12.4 Å². The summed E-state index contributed by atoms with van der Waals surface area (Å²) in [6.45, 7) is 3.77. The van der Waals surface area contributed by atoms with Gasteiger partial charge in [0.25, 0.3) is 0 Å². The average Bonchev–Trinajstić information content (AvgIpc) is 2.35. The molecule has 0 aliphatic rings. The molecule has 5 nitrogen and oxygen atoms in total. The Bertz CT molecular complexity index is 414. The zero-order valence-electron chi connectivity index (χ0n) is 9.34. The van der Waals surface area contributed by atoms with Gasteiger partial charge >= 0.3 is 0 Å². The summed E-state index contributed by atoms with van der Waals surface area (Å²) in [5.74, 6) is 0. The van der Waals surface area contributed by atoms with Crippen molar-refractivity contribution in [2.75, 3.05) is 0 Å². The second kappa shape index (κ2) is 5.85. The van der Waals surface area contributed by atoms with E-state index in [1.807, 2.05) is 13.8 Å². The topological polar surface area (TPSA) is 79.1 Å². The average molecular weight is 218 g/mol. The van der Waals surface area contributed by atoms with Crippen LogP contribution < -0.4 is 0 Å². The molecule has 0 amide bonds. The molecule has 1 heterocycles. The lowest BCUT2D eigenvalue weighted by atomic mass is 10.1. The molecule has 0 bridgehead atoms. The van der Waals surface area contributed by atoms with Crippen LogP contribution in [0.1, 0.15) is 31.7 Å². The molecule has 0 saturated heterocycles. The van der Waals surface area contributed by atoms with Crippen molar-refractivity contribution >= 4 is 11.8 Å². The van der Waals surface area contributed by atoms with Crippen molar-refractivity contribution in [3.05, 3.63) is 34.8 Å². The summed E-state index contributed by atoms with van der Waals surface area (Å²) < 4.78 is 0. The largest absolute Gasteiger partial charge is 0.307 e. The molecule has 16 heavy (non-hydrogen) atoms. The molecule has 0 aliphatic heterocycles. The molecule has 1 aromatic heterocycles. The van der Waals surface area contributed by atoms with E-state index in [1.165, 1.54) is 6.33 Å². The van der Waals surface area contributed by atoms with Crippen molar-refractivity contribution in [1.82, 2.24) is 9.97 Å². The van der Waals surface area contributed by atoms with Gasteiger partial charge in [0, 0.05) is 6.21 Å². The van der Waals surface area contributed by atoms with Gasteiger partial charge in [0.2, 0.25) is 0 Å². The lowest BCUT2D eigenvalue weighted by molar-refractivity contribution is 0.778. The number of nitroso groups, excluding NO2 is 1. The maximum absolute atomic E-state index is 10.5. The molecule has 0 spiro atoms. The second-order valence-corrected chi connectivity index (χ2v) is 3.40. The van der Waals surface area contributed by atoms with E-state index in [1.54, 1.807) is 12.1 Å². The van der Waals surface area contributed by atoms with Crippen molar-refractivity contribution in [2.45, 2.75) is 26.3 Å². The van der Waals surface area contributed by atoms with E-state index < -0.39 is 0 Å². The van der Waals surface area contributed by atoms with Gasteiger partial charge in [-0.05, 0) is 25.0 Å². The first-order valence-electron chi connectivity index (χ1n) is 5.05. The fourth-order valence-corrected chi connectivity index (χ4v) is 1.26. The van der Waals surface area contributed by atoms with Gasteiger partial charge in [-0.2, -0.15) is 4.91 Å². The Morgan fingerprint density at radius 3 is 2.94 bits per heavy atom. The summed E-state index contributed by atoms with van der Waals surface area (Å²) in [4.78, 5) is 18.4. The molecular formula is C11H14N4O. The van der Waals surface area contributed by atoms with Gasteiger partial charge in [0.05, 0.1) is 11.4 Å². The highest BCUT2D eigenvalue weighted by molar-refractivity contribution is 5.76. The van der Waals surface area contributed by atoms with E-state index >= 15 is 0 Å². The fourth-order valence-electron chi connectivity index (χ4n) is 1.26. The molecule has 0 aromatic carbocycles. The first-order chi connectivity index (χ1) is 7.71. The van der Waals surface area contributed by atoms with Crippen LogP contribution in [0.4, 0.5) is 0 Å². The maximum atomic E-state index is 10.5. The van der Waals surface area contributed by atoms with Crippen LogP contribution >= 0.6 is 0 Å². The predicted octanol–water partition coefficient (Wildman–Crippen LogP) is 2.42. The minimum Gasteiger partial charge on any atom is -0.307 e. The van der Waals surface area contributed by atoms with Gasteiger partial charge in [-0.15, -0.1) is 0 Å². The quantitative estimate of drug-likeness (QED) is 0.608. The van der Waals surface area contributed by atoms with E-state index in [4.69, 9.17) is 5.41 Å². The normalized spacial score (nSPS) is 13.2. The fraction of sp³-hybridized carbons (Fsp3) is 0.364. The highest BCUT2D eigenvalue weighted by Gasteiger charge is 2.05. The summed E-state index contributed by atoms with van der Waals surface area (Å²) in [6.07, 6.45) is 5.02. The maximum Gasteiger partial charge on any atom is 0.116 e. The molecule has 0 aliphatic carbocycles. The van der Waals surface area contributed by atoms with Crippen LogP contribution in [0.2, 0.25) is 0 Å². The summed E-state index contributed by atoms with van der Waals surface area (Å²) in [5, 5.41) is 10.1. The first kappa shape index (κ1) is 12.2. The Kier molecular flexibility index (Phi) is 4.44. The Balaban J connectivity index is 2.98. The van der Waals surface area contributed by atoms with Crippen LogP contribution in [0.3, 0.4) is 0 Å². The lowest BCUT2D eigenvalue weighted by Gasteiger charge is -2.03. The number of nitrogens with one attached hydrogen (secondary N) is 1. The minimum atomic E-state index is -0.321. The minimum absolute atomic E-state index is 0.321. The molecule has 1 N–H and O–H groups in total. The number of allylic oxidation sites excluding steroid dienone is 1. The van der Waals surface area contributed by atoms with Crippen molar-refractivity contribution in [3.8, 4) is 0 Å². The highest BCUT2D eigenvalue weighted by Crippen LogP contribution is 2.13. The SMILES string of the molecule is CCC(/C=C(\C)c1cc(C=N)ncn1)N=O. The Labute approximate surface area is 94.1 Å². The van der Waals surface area contributed by atoms with Crippen molar-refractivity contribution in [2.24, 2.45) is 5.18 Å². The molecule has 0 saturated carbocycles. The monoisotopic (exact) mass is 218 g/mol. The highest BCUT2D eigenvalue weighted by atomic mass is 16.3. The number of nitrogens with zero attached hydrogens (tertiary/aromatic N) is 3. The third-order valence-corrected chi connectivity index (χ3v) is 2.24. The Hall–Kier alpha value is -1.91. The van der Waals surface area contributed by atoms with Crippen LogP contribution in [0.15, 0.2) is 23.6 Å². The van der Waals surface area contributed by atoms with Crippen LogP contribution in [0, 0.1) is 10.3 Å². The molecule has 1 unspecified atom stereocenters. The summed E-state index contributed by atoms with van der Waals surface area (Å²) in [7, 11) is 0. The van der Waals surface area contributed by atoms with Gasteiger partial charge in [0.15, 0.2) is 0 Å². The van der Waals surface area contributed by atoms with E-state index in [9.17, 15) is 4.91 Å². The number of hydrogen-bond acceptors (Lipinski definition) is 5. The summed E-state index contributed by atoms with van der Waals surface area (Å²) in [5.41, 5.74) is 2.14. The van der Waals surface area contributed by atoms with Crippen LogP contribution in [-0.4, -0.2) is 22.2 Å². The molecular weight excluding hydrogens is 204 g/mol. The van der Waals surface area contributed by atoms with Crippen LogP contribution in [-0.2, 0) is 0 Å². The standard InChI is InChI=1S/C11H14N4O/c1-3-9(15-16)4-8(2)11-5-10(6-12)13-7-14-11/h4-7,9,12H,3H2,1-2H3/b8-4+,12-6?. The Morgan fingerprint density at radius 2 is 2.38 bits per heavy atom. The molecule has 1 rings (SSSR count). The van der Waals surface area contributed by atoms with Crippen LogP contribution in [0.25, 0.3) is 5.57 Å². The number of aromatic nitrogens is 2. The lowest BCUT2D eigenvalue weighted by Crippen LogP contribution is -1.99. The van der Waals surface area contributed by atoms with Crippen molar-refractivity contribution in [1.29, 1.82) is 5.41 Å². The molecule has 5 heteroatoms. The zero-order valence-corrected chi connectivity index (χ0v) is 9.34. The molecule has 1 aromatic rings. The van der Waals surface area contributed by atoms with E-state index in [0.29, 0.717) is 12.1 Å². The predicted molar refractivity (Wildman–Crippen MR) is 63.4 cm³/mol. The zero-order chi connectivity index (χ0) is 12.0. The van der Waals surface area contributed by atoms with Gasteiger partial charge < -0.3 is 5.41 Å². The second-order valence-electron chi connectivity index (χ2n) is 3.40. The number of hydrogen-bond donors (Lipinski definition) is 1. The van der Waals surface area contributed by atoms with E-state index in [-0.39, 0.29) is 6.04 Å².